The Balaban J connectivity index is 1.64. The lowest BCUT2D eigenvalue weighted by Gasteiger charge is -2.31. The van der Waals surface area contributed by atoms with Crippen LogP contribution in [0.2, 0.25) is 0 Å². The summed E-state index contributed by atoms with van der Waals surface area (Å²) in [4.78, 5) is 13.2. The molecule has 2 aliphatic heterocycles. The number of piperidine rings is 1. The molecule has 3 rings (SSSR count). The van der Waals surface area contributed by atoms with E-state index in [4.69, 9.17) is 0 Å². The van der Waals surface area contributed by atoms with E-state index in [1.807, 2.05) is 12.1 Å². The third kappa shape index (κ3) is 2.62. The standard InChI is InChI=1S/C14H19N3O2/c18-17(19)14-4-2-1-3-11(14)9-15-13-6-8-16-7-5-12(13)10-16/h1-4,12-13,15H,5-10H2. The summed E-state index contributed by atoms with van der Waals surface area (Å²) in [5.74, 6) is 0.719. The average Bonchev–Trinajstić information content (AvgIpc) is 2.81. The van der Waals surface area contributed by atoms with Crippen LogP contribution >= 0.6 is 0 Å². The molecule has 0 spiro atoms. The van der Waals surface area contributed by atoms with Crippen molar-refractivity contribution in [2.24, 2.45) is 5.92 Å². The first-order valence-electron chi connectivity index (χ1n) is 6.92. The molecular formula is C14H19N3O2. The maximum absolute atomic E-state index is 11.0. The van der Waals surface area contributed by atoms with Gasteiger partial charge in [0.05, 0.1) is 4.92 Å². The van der Waals surface area contributed by atoms with Crippen molar-refractivity contribution in [3.05, 3.63) is 39.9 Å². The Bertz CT molecular complexity index is 478. The first-order chi connectivity index (χ1) is 9.24. The Kier molecular flexibility index (Phi) is 3.48. The van der Waals surface area contributed by atoms with Crippen LogP contribution in [0.15, 0.2) is 24.3 Å². The highest BCUT2D eigenvalue weighted by Gasteiger charge is 2.33. The molecule has 0 amide bonds. The van der Waals surface area contributed by atoms with Gasteiger partial charge in [0, 0.05) is 30.8 Å². The summed E-state index contributed by atoms with van der Waals surface area (Å²) in [6, 6.07) is 7.52. The van der Waals surface area contributed by atoms with Crippen molar-refractivity contribution in [2.45, 2.75) is 25.4 Å². The molecule has 3 atom stereocenters. The molecule has 19 heavy (non-hydrogen) atoms. The molecule has 5 nitrogen and oxygen atoms in total. The van der Waals surface area contributed by atoms with E-state index in [9.17, 15) is 10.1 Å². The molecule has 0 aromatic heterocycles. The number of nitro benzene ring substituents is 1. The van der Waals surface area contributed by atoms with Crippen LogP contribution in [0.4, 0.5) is 5.69 Å². The van der Waals surface area contributed by atoms with Crippen LogP contribution in [0.1, 0.15) is 18.4 Å². The zero-order valence-electron chi connectivity index (χ0n) is 10.9. The summed E-state index contributed by atoms with van der Waals surface area (Å²) < 4.78 is 0. The fourth-order valence-electron chi connectivity index (χ4n) is 3.30. The first kappa shape index (κ1) is 12.6. The molecule has 1 aromatic rings. The molecule has 0 aliphatic carbocycles. The summed E-state index contributed by atoms with van der Waals surface area (Å²) >= 11 is 0. The monoisotopic (exact) mass is 261 g/mol. The zero-order chi connectivity index (χ0) is 13.2. The molecule has 2 heterocycles. The van der Waals surface area contributed by atoms with Gasteiger partial charge in [0.25, 0.3) is 5.69 Å². The summed E-state index contributed by atoms with van der Waals surface area (Å²) in [5, 5.41) is 14.5. The van der Waals surface area contributed by atoms with Gasteiger partial charge in [-0.15, -0.1) is 0 Å². The van der Waals surface area contributed by atoms with Crippen molar-refractivity contribution < 1.29 is 4.92 Å². The van der Waals surface area contributed by atoms with Gasteiger partial charge >= 0.3 is 0 Å². The lowest BCUT2D eigenvalue weighted by Crippen LogP contribution is -2.43. The van der Waals surface area contributed by atoms with Gasteiger partial charge in [-0.2, -0.15) is 0 Å². The number of rotatable bonds is 4. The fraction of sp³-hybridized carbons (Fsp3) is 0.571. The topological polar surface area (TPSA) is 58.4 Å². The normalized spacial score (nSPS) is 29.4. The molecule has 2 aliphatic rings. The molecule has 0 saturated carbocycles. The number of benzene rings is 1. The number of fused-ring (bicyclic) bond motifs is 2. The molecule has 2 bridgehead atoms. The number of nitro groups is 1. The highest BCUT2D eigenvalue weighted by Crippen LogP contribution is 2.27. The van der Waals surface area contributed by atoms with Crippen molar-refractivity contribution in [3.8, 4) is 0 Å². The second kappa shape index (κ2) is 5.27. The first-order valence-corrected chi connectivity index (χ1v) is 6.92. The van der Waals surface area contributed by atoms with Crippen LogP contribution in [0, 0.1) is 16.0 Å². The minimum atomic E-state index is -0.296. The quantitative estimate of drug-likeness (QED) is 0.663. The molecule has 0 radical (unpaired) electrons. The molecule has 1 aromatic carbocycles. The maximum Gasteiger partial charge on any atom is 0.273 e. The Morgan fingerprint density at radius 2 is 2.11 bits per heavy atom. The van der Waals surface area contributed by atoms with E-state index in [1.165, 1.54) is 19.5 Å². The Morgan fingerprint density at radius 3 is 2.95 bits per heavy atom. The van der Waals surface area contributed by atoms with Crippen LogP contribution in [-0.4, -0.2) is 35.5 Å². The number of para-hydroxylation sites is 1. The number of hydrogen-bond donors (Lipinski definition) is 1. The number of nitrogens with zero attached hydrogens (tertiary/aromatic N) is 2. The summed E-state index contributed by atoms with van der Waals surface area (Å²) in [7, 11) is 0. The van der Waals surface area contributed by atoms with Crippen molar-refractivity contribution >= 4 is 5.69 Å². The van der Waals surface area contributed by atoms with Crippen molar-refractivity contribution in [2.75, 3.05) is 19.6 Å². The third-order valence-electron chi connectivity index (χ3n) is 4.38. The Morgan fingerprint density at radius 1 is 1.32 bits per heavy atom. The fourth-order valence-corrected chi connectivity index (χ4v) is 3.30. The zero-order valence-corrected chi connectivity index (χ0v) is 10.9. The van der Waals surface area contributed by atoms with Gasteiger partial charge in [0.15, 0.2) is 0 Å². The minimum absolute atomic E-state index is 0.221. The van der Waals surface area contributed by atoms with Gasteiger partial charge in [0.1, 0.15) is 0 Å². The lowest BCUT2D eigenvalue weighted by molar-refractivity contribution is -0.385. The summed E-state index contributed by atoms with van der Waals surface area (Å²) in [6.07, 6.45) is 2.42. The van der Waals surface area contributed by atoms with Gasteiger partial charge in [-0.1, -0.05) is 18.2 Å². The molecule has 2 fully saturated rings. The predicted molar refractivity (Wildman–Crippen MR) is 72.9 cm³/mol. The van der Waals surface area contributed by atoms with Crippen molar-refractivity contribution in [3.63, 3.8) is 0 Å². The Hall–Kier alpha value is -1.46. The lowest BCUT2D eigenvalue weighted by atomic mass is 9.94. The maximum atomic E-state index is 11.0. The van der Waals surface area contributed by atoms with Gasteiger partial charge in [-0.3, -0.25) is 10.1 Å². The number of nitrogens with one attached hydrogen (secondary N) is 1. The average molecular weight is 261 g/mol. The smallest absolute Gasteiger partial charge is 0.273 e. The van der Waals surface area contributed by atoms with Crippen molar-refractivity contribution in [1.29, 1.82) is 0 Å². The highest BCUT2D eigenvalue weighted by molar-refractivity contribution is 5.39. The summed E-state index contributed by atoms with van der Waals surface area (Å²) in [6.45, 7) is 4.16. The van der Waals surface area contributed by atoms with Crippen LogP contribution in [0.3, 0.4) is 0 Å². The minimum Gasteiger partial charge on any atom is -0.309 e. The highest BCUT2D eigenvalue weighted by atomic mass is 16.6. The number of hydrogen-bond acceptors (Lipinski definition) is 4. The van der Waals surface area contributed by atoms with Crippen molar-refractivity contribution in [1.82, 2.24) is 10.2 Å². The van der Waals surface area contributed by atoms with E-state index in [0.29, 0.717) is 12.6 Å². The SMILES string of the molecule is O=[N+]([O-])c1ccccc1CNC1CCN2CCC1C2. The van der Waals surface area contributed by atoms with Crippen LogP contribution in [-0.2, 0) is 6.54 Å². The molecule has 3 unspecified atom stereocenters. The van der Waals surface area contributed by atoms with Crippen LogP contribution in [0.25, 0.3) is 0 Å². The van der Waals surface area contributed by atoms with E-state index in [-0.39, 0.29) is 10.6 Å². The van der Waals surface area contributed by atoms with E-state index in [2.05, 4.69) is 10.2 Å². The van der Waals surface area contributed by atoms with E-state index in [0.717, 1.165) is 24.4 Å². The van der Waals surface area contributed by atoms with E-state index < -0.39 is 0 Å². The van der Waals surface area contributed by atoms with Gasteiger partial charge < -0.3 is 10.2 Å². The van der Waals surface area contributed by atoms with E-state index in [1.54, 1.807) is 12.1 Å². The Labute approximate surface area is 112 Å². The third-order valence-corrected chi connectivity index (χ3v) is 4.38. The molecular weight excluding hydrogens is 242 g/mol. The molecule has 102 valence electrons. The second-order valence-corrected chi connectivity index (χ2v) is 5.51. The van der Waals surface area contributed by atoms with Gasteiger partial charge in [-0.25, -0.2) is 0 Å². The van der Waals surface area contributed by atoms with Crippen LogP contribution in [0.5, 0.6) is 0 Å². The second-order valence-electron chi connectivity index (χ2n) is 5.51. The van der Waals surface area contributed by atoms with E-state index >= 15 is 0 Å². The largest absolute Gasteiger partial charge is 0.309 e. The summed E-state index contributed by atoms with van der Waals surface area (Å²) in [5.41, 5.74) is 1.01. The molecule has 2 saturated heterocycles. The predicted octanol–water partition coefficient (Wildman–Crippen LogP) is 1.78. The van der Waals surface area contributed by atoms with Crippen LogP contribution < -0.4 is 5.32 Å². The van der Waals surface area contributed by atoms with Gasteiger partial charge in [0.2, 0.25) is 0 Å². The molecule has 5 heteroatoms. The molecule has 1 N–H and O–H groups in total. The van der Waals surface area contributed by atoms with Gasteiger partial charge in [-0.05, 0) is 31.8 Å².